The largest absolute Gasteiger partial charge is 0.449 e. The number of nitrogens with zero attached hydrogens (tertiary/aromatic N) is 3. The van der Waals surface area contributed by atoms with E-state index in [1.807, 2.05) is 19.9 Å². The Morgan fingerprint density at radius 3 is 2.78 bits per heavy atom. The first-order valence-corrected chi connectivity index (χ1v) is 7.67. The molecule has 1 aromatic heterocycles. The highest BCUT2D eigenvalue weighted by atomic mass is 16.6. The van der Waals surface area contributed by atoms with Crippen LogP contribution in [-0.2, 0) is 4.74 Å². The maximum atomic E-state index is 11.9. The predicted octanol–water partition coefficient (Wildman–Crippen LogP) is 3.26. The van der Waals surface area contributed by atoms with Crippen LogP contribution in [0.2, 0.25) is 0 Å². The Balaban J connectivity index is 1.97. The average molecular weight is 319 g/mol. The molecule has 124 valence electrons. The van der Waals surface area contributed by atoms with Gasteiger partial charge in [-0.1, -0.05) is 19.4 Å². The Morgan fingerprint density at radius 1 is 1.48 bits per heavy atom. The highest BCUT2D eigenvalue weighted by molar-refractivity contribution is 5.68. The number of carbonyl (C=O) groups excluding carboxylic acids is 1. The SMILES string of the molecule is CC(C)COC(=O)N1CCC(=Cc2ccncc2[N+](=O)[O-])CC1. The van der Waals surface area contributed by atoms with Gasteiger partial charge in [-0.3, -0.25) is 15.1 Å². The van der Waals surface area contributed by atoms with Crippen LogP contribution in [0.1, 0.15) is 32.3 Å². The number of hydrogen-bond donors (Lipinski definition) is 0. The third-order valence-electron chi connectivity index (χ3n) is 3.59. The normalized spacial score (nSPS) is 14.7. The summed E-state index contributed by atoms with van der Waals surface area (Å²) in [6.45, 7) is 5.54. The lowest BCUT2D eigenvalue weighted by molar-refractivity contribution is -0.385. The minimum absolute atomic E-state index is 0.00114. The first-order chi connectivity index (χ1) is 11.0. The summed E-state index contributed by atoms with van der Waals surface area (Å²) in [4.78, 5) is 27.9. The van der Waals surface area contributed by atoms with Crippen LogP contribution >= 0.6 is 0 Å². The van der Waals surface area contributed by atoms with Crippen LogP contribution in [0.5, 0.6) is 0 Å². The fourth-order valence-corrected chi connectivity index (χ4v) is 2.34. The lowest BCUT2D eigenvalue weighted by Gasteiger charge is -2.28. The highest BCUT2D eigenvalue weighted by Crippen LogP contribution is 2.24. The van der Waals surface area contributed by atoms with Crippen molar-refractivity contribution in [3.8, 4) is 0 Å². The molecule has 0 N–H and O–H groups in total. The molecule has 1 aliphatic rings. The van der Waals surface area contributed by atoms with Crippen LogP contribution < -0.4 is 0 Å². The van der Waals surface area contributed by atoms with Crippen LogP contribution in [0.3, 0.4) is 0 Å². The Hall–Kier alpha value is -2.44. The minimum atomic E-state index is -0.433. The van der Waals surface area contributed by atoms with Crippen molar-refractivity contribution in [1.29, 1.82) is 0 Å². The average Bonchev–Trinajstić information content (AvgIpc) is 2.53. The van der Waals surface area contributed by atoms with Crippen molar-refractivity contribution in [3.63, 3.8) is 0 Å². The number of carbonyl (C=O) groups is 1. The van der Waals surface area contributed by atoms with E-state index in [4.69, 9.17) is 4.74 Å². The molecule has 2 rings (SSSR count). The van der Waals surface area contributed by atoms with Crippen molar-refractivity contribution in [2.75, 3.05) is 19.7 Å². The number of likely N-dealkylation sites (tertiary alicyclic amines) is 1. The second kappa shape index (κ2) is 7.71. The van der Waals surface area contributed by atoms with Gasteiger partial charge in [0.15, 0.2) is 0 Å². The van der Waals surface area contributed by atoms with Crippen molar-refractivity contribution in [3.05, 3.63) is 39.7 Å². The molecule has 0 spiro atoms. The number of nitro groups is 1. The summed E-state index contributed by atoms with van der Waals surface area (Å²) in [6, 6.07) is 1.63. The second-order valence-electron chi connectivity index (χ2n) is 5.95. The zero-order chi connectivity index (χ0) is 16.8. The number of hydrogen-bond acceptors (Lipinski definition) is 5. The first-order valence-electron chi connectivity index (χ1n) is 7.67. The van der Waals surface area contributed by atoms with Crippen LogP contribution in [-0.4, -0.2) is 40.6 Å². The van der Waals surface area contributed by atoms with E-state index in [0.29, 0.717) is 44.0 Å². The minimum Gasteiger partial charge on any atom is -0.449 e. The van der Waals surface area contributed by atoms with Crippen LogP contribution in [0.4, 0.5) is 10.5 Å². The maximum absolute atomic E-state index is 11.9. The summed E-state index contributed by atoms with van der Waals surface area (Å²) in [7, 11) is 0. The van der Waals surface area contributed by atoms with E-state index in [-0.39, 0.29) is 11.8 Å². The Kier molecular flexibility index (Phi) is 5.67. The lowest BCUT2D eigenvalue weighted by Crippen LogP contribution is -2.37. The topological polar surface area (TPSA) is 85.6 Å². The van der Waals surface area contributed by atoms with Gasteiger partial charge in [-0.15, -0.1) is 0 Å². The fraction of sp³-hybridized carbons (Fsp3) is 0.500. The van der Waals surface area contributed by atoms with Gasteiger partial charge in [0, 0.05) is 19.3 Å². The lowest BCUT2D eigenvalue weighted by atomic mass is 10.0. The first kappa shape index (κ1) is 16.9. The van der Waals surface area contributed by atoms with E-state index >= 15 is 0 Å². The molecule has 2 heterocycles. The molecule has 0 atom stereocenters. The van der Waals surface area contributed by atoms with Gasteiger partial charge in [0.25, 0.3) is 5.69 Å². The summed E-state index contributed by atoms with van der Waals surface area (Å²) < 4.78 is 5.22. The molecule has 23 heavy (non-hydrogen) atoms. The number of amides is 1. The van der Waals surface area contributed by atoms with Gasteiger partial charge in [-0.2, -0.15) is 0 Å². The molecule has 7 nitrogen and oxygen atoms in total. The monoisotopic (exact) mass is 319 g/mol. The summed E-state index contributed by atoms with van der Waals surface area (Å²) in [5.74, 6) is 0.312. The van der Waals surface area contributed by atoms with Crippen LogP contribution in [0.25, 0.3) is 6.08 Å². The molecule has 0 bridgehead atoms. The number of ether oxygens (including phenoxy) is 1. The molecular formula is C16H21N3O4. The number of rotatable bonds is 4. The molecule has 0 saturated carbocycles. The van der Waals surface area contributed by atoms with Crippen LogP contribution in [0.15, 0.2) is 24.0 Å². The third-order valence-corrected chi connectivity index (χ3v) is 3.59. The molecule has 0 radical (unpaired) electrons. The molecule has 0 aromatic carbocycles. The van der Waals surface area contributed by atoms with E-state index in [1.54, 1.807) is 11.0 Å². The Bertz CT molecular complexity index is 603. The molecule has 1 aromatic rings. The summed E-state index contributed by atoms with van der Waals surface area (Å²) >= 11 is 0. The number of piperidine rings is 1. The smallest absolute Gasteiger partial charge is 0.409 e. The van der Waals surface area contributed by atoms with Gasteiger partial charge in [0.1, 0.15) is 6.20 Å². The van der Waals surface area contributed by atoms with E-state index in [1.165, 1.54) is 12.4 Å². The van der Waals surface area contributed by atoms with E-state index in [9.17, 15) is 14.9 Å². The quantitative estimate of drug-likeness (QED) is 0.628. The zero-order valence-corrected chi connectivity index (χ0v) is 13.4. The van der Waals surface area contributed by atoms with Gasteiger partial charge in [0.2, 0.25) is 0 Å². The number of aromatic nitrogens is 1. The van der Waals surface area contributed by atoms with Gasteiger partial charge in [0.05, 0.1) is 17.1 Å². The Morgan fingerprint density at radius 2 is 2.17 bits per heavy atom. The molecule has 1 amide bonds. The van der Waals surface area contributed by atoms with E-state index in [2.05, 4.69) is 4.98 Å². The van der Waals surface area contributed by atoms with Crippen molar-refractivity contribution < 1.29 is 14.5 Å². The van der Waals surface area contributed by atoms with E-state index < -0.39 is 4.92 Å². The molecule has 0 aliphatic carbocycles. The van der Waals surface area contributed by atoms with Gasteiger partial charge >= 0.3 is 6.09 Å². The van der Waals surface area contributed by atoms with E-state index in [0.717, 1.165) is 5.57 Å². The van der Waals surface area contributed by atoms with Crippen molar-refractivity contribution in [2.45, 2.75) is 26.7 Å². The summed E-state index contributed by atoms with van der Waals surface area (Å²) in [5.41, 5.74) is 1.64. The molecule has 1 aliphatic heterocycles. The standard InChI is InChI=1S/C16H21N3O4/c1-12(2)11-23-16(20)18-7-4-13(5-8-18)9-14-3-6-17-10-15(14)19(21)22/h3,6,9-10,12H,4-5,7-8,11H2,1-2H3. The molecule has 1 saturated heterocycles. The fourth-order valence-electron chi connectivity index (χ4n) is 2.34. The number of pyridine rings is 1. The van der Waals surface area contributed by atoms with Crippen molar-refractivity contribution in [2.24, 2.45) is 5.92 Å². The molecule has 0 unspecified atom stereocenters. The molecule has 1 fully saturated rings. The summed E-state index contributed by atoms with van der Waals surface area (Å²) in [5, 5.41) is 11.0. The highest BCUT2D eigenvalue weighted by Gasteiger charge is 2.21. The van der Waals surface area contributed by atoms with Gasteiger partial charge in [-0.25, -0.2) is 4.79 Å². The third kappa shape index (κ3) is 4.77. The predicted molar refractivity (Wildman–Crippen MR) is 85.9 cm³/mol. The van der Waals surface area contributed by atoms with Crippen molar-refractivity contribution in [1.82, 2.24) is 9.88 Å². The van der Waals surface area contributed by atoms with Gasteiger partial charge in [-0.05, 0) is 30.9 Å². The molecular weight excluding hydrogens is 298 g/mol. The maximum Gasteiger partial charge on any atom is 0.409 e. The second-order valence-corrected chi connectivity index (χ2v) is 5.95. The van der Waals surface area contributed by atoms with Gasteiger partial charge < -0.3 is 9.64 Å². The molecule has 7 heteroatoms. The Labute approximate surface area is 135 Å². The zero-order valence-electron chi connectivity index (χ0n) is 13.4. The summed E-state index contributed by atoms with van der Waals surface area (Å²) in [6.07, 6.45) is 5.72. The van der Waals surface area contributed by atoms with Crippen molar-refractivity contribution >= 4 is 17.9 Å². The van der Waals surface area contributed by atoms with Crippen LogP contribution in [0, 0.1) is 16.0 Å².